The number of ether oxygens (including phenoxy) is 1. The van der Waals surface area contributed by atoms with Crippen LogP contribution in [0, 0.1) is 0 Å². The second kappa shape index (κ2) is 7.73. The van der Waals surface area contributed by atoms with E-state index in [4.69, 9.17) is 4.74 Å². The molecule has 0 radical (unpaired) electrons. The van der Waals surface area contributed by atoms with Gasteiger partial charge < -0.3 is 10.1 Å². The number of nitrogens with zero attached hydrogens (tertiary/aromatic N) is 2. The number of hydrogen-bond acceptors (Lipinski definition) is 4. The first-order chi connectivity index (χ1) is 9.01. The highest BCUT2D eigenvalue weighted by Crippen LogP contribution is 2.06. The highest BCUT2D eigenvalue weighted by molar-refractivity contribution is 9.10. The van der Waals surface area contributed by atoms with Gasteiger partial charge in [-0.15, -0.1) is 0 Å². The lowest BCUT2D eigenvalue weighted by molar-refractivity contribution is -0.137. The molecule has 0 aliphatic heterocycles. The molecule has 0 atom stereocenters. The molecule has 0 aromatic carbocycles. The number of hydrogen-bond donors (Lipinski definition) is 1. The fraction of sp³-hybridized carbons (Fsp3) is 0.417. The third kappa shape index (κ3) is 6.19. The van der Waals surface area contributed by atoms with E-state index in [1.165, 1.54) is 6.08 Å². The highest BCUT2D eigenvalue weighted by atomic mass is 79.9. The summed E-state index contributed by atoms with van der Waals surface area (Å²) in [4.78, 5) is 22.8. The summed E-state index contributed by atoms with van der Waals surface area (Å²) in [5, 5.41) is 6.66. The van der Waals surface area contributed by atoms with Crippen molar-refractivity contribution in [1.82, 2.24) is 15.1 Å². The van der Waals surface area contributed by atoms with Crippen molar-refractivity contribution in [3.63, 3.8) is 0 Å². The Balaban J connectivity index is 2.36. The van der Waals surface area contributed by atoms with Crippen LogP contribution in [-0.2, 0) is 20.9 Å². The van der Waals surface area contributed by atoms with Crippen LogP contribution in [0.5, 0.6) is 0 Å². The van der Waals surface area contributed by atoms with Crippen LogP contribution in [0.25, 0.3) is 0 Å². The van der Waals surface area contributed by atoms with Crippen LogP contribution in [0.4, 0.5) is 0 Å². The number of allylic oxidation sites excluding steroid dienone is 1. The zero-order valence-corrected chi connectivity index (χ0v) is 12.4. The predicted molar refractivity (Wildman–Crippen MR) is 73.1 cm³/mol. The van der Waals surface area contributed by atoms with E-state index in [9.17, 15) is 9.59 Å². The third-order valence-electron chi connectivity index (χ3n) is 2.13. The van der Waals surface area contributed by atoms with Gasteiger partial charge in [-0.2, -0.15) is 5.10 Å². The Morgan fingerprint density at radius 2 is 2.32 bits per heavy atom. The summed E-state index contributed by atoms with van der Waals surface area (Å²) in [5.74, 6) is -0.638. The van der Waals surface area contributed by atoms with Gasteiger partial charge in [-0.1, -0.05) is 0 Å². The van der Waals surface area contributed by atoms with E-state index in [-0.39, 0.29) is 12.3 Å². The molecule has 1 heterocycles. The van der Waals surface area contributed by atoms with Gasteiger partial charge >= 0.3 is 5.97 Å². The maximum atomic E-state index is 11.6. The SMILES string of the molecule is CCOC(=O)/C=C(\C)NC(=O)CCn1cc(Br)cn1. The molecule has 104 valence electrons. The van der Waals surface area contributed by atoms with Gasteiger partial charge in [-0.3, -0.25) is 9.48 Å². The van der Waals surface area contributed by atoms with Crippen LogP contribution >= 0.6 is 15.9 Å². The van der Waals surface area contributed by atoms with Crippen LogP contribution in [-0.4, -0.2) is 28.3 Å². The summed E-state index contributed by atoms with van der Waals surface area (Å²) in [6, 6.07) is 0. The van der Waals surface area contributed by atoms with Crippen LogP contribution < -0.4 is 5.32 Å². The number of esters is 1. The van der Waals surface area contributed by atoms with Crippen LogP contribution in [0.2, 0.25) is 0 Å². The Morgan fingerprint density at radius 3 is 2.89 bits per heavy atom. The first-order valence-corrected chi connectivity index (χ1v) is 6.63. The standard InChI is InChI=1S/C12H16BrN3O3/c1-3-19-12(18)6-9(2)15-11(17)4-5-16-8-10(13)7-14-16/h6-8H,3-5H2,1-2H3,(H,15,17)/b9-6+. The summed E-state index contributed by atoms with van der Waals surface area (Å²) >= 11 is 3.28. The van der Waals surface area contributed by atoms with Crippen molar-refractivity contribution >= 4 is 27.8 Å². The van der Waals surface area contributed by atoms with Gasteiger partial charge in [-0.25, -0.2) is 4.79 Å². The summed E-state index contributed by atoms with van der Waals surface area (Å²) in [6.45, 7) is 4.15. The van der Waals surface area contributed by atoms with Crippen LogP contribution in [0.15, 0.2) is 28.6 Å². The molecule has 0 fully saturated rings. The van der Waals surface area contributed by atoms with Gasteiger partial charge in [0.15, 0.2) is 0 Å². The monoisotopic (exact) mass is 329 g/mol. The molecule has 0 bridgehead atoms. The minimum absolute atomic E-state index is 0.176. The lowest BCUT2D eigenvalue weighted by atomic mass is 10.3. The van der Waals surface area contributed by atoms with E-state index in [1.54, 1.807) is 30.9 Å². The number of nitrogens with one attached hydrogen (secondary N) is 1. The third-order valence-corrected chi connectivity index (χ3v) is 2.54. The van der Waals surface area contributed by atoms with Crippen molar-refractivity contribution in [2.45, 2.75) is 26.8 Å². The Labute approximate surface area is 119 Å². The van der Waals surface area contributed by atoms with Crippen LogP contribution in [0.1, 0.15) is 20.3 Å². The molecule has 7 heteroatoms. The molecular formula is C12H16BrN3O3. The first kappa shape index (κ1) is 15.4. The van der Waals surface area contributed by atoms with Gasteiger partial charge in [0.1, 0.15) is 0 Å². The molecule has 1 aromatic heterocycles. The maximum absolute atomic E-state index is 11.6. The second-order valence-electron chi connectivity index (χ2n) is 3.80. The largest absolute Gasteiger partial charge is 0.463 e. The van der Waals surface area contributed by atoms with E-state index in [2.05, 4.69) is 26.3 Å². The molecule has 1 aromatic rings. The number of halogens is 1. The molecular weight excluding hydrogens is 314 g/mol. The Kier molecular flexibility index (Phi) is 6.27. The summed E-state index contributed by atoms with van der Waals surface area (Å²) in [7, 11) is 0. The minimum Gasteiger partial charge on any atom is -0.463 e. The molecule has 0 unspecified atom stereocenters. The average molecular weight is 330 g/mol. The van der Waals surface area contributed by atoms with Crippen molar-refractivity contribution in [3.8, 4) is 0 Å². The topological polar surface area (TPSA) is 73.2 Å². The van der Waals surface area contributed by atoms with Gasteiger partial charge in [0.05, 0.1) is 17.3 Å². The molecule has 0 saturated heterocycles. The van der Waals surface area contributed by atoms with Gasteiger partial charge in [0.25, 0.3) is 0 Å². The normalized spacial score (nSPS) is 11.2. The van der Waals surface area contributed by atoms with Crippen molar-refractivity contribution < 1.29 is 14.3 Å². The molecule has 1 rings (SSSR count). The number of carbonyl (C=O) groups is 2. The molecule has 0 aliphatic rings. The van der Waals surface area contributed by atoms with E-state index in [0.29, 0.717) is 18.8 Å². The van der Waals surface area contributed by atoms with E-state index in [0.717, 1.165) is 4.47 Å². The molecule has 0 aliphatic carbocycles. The Hall–Kier alpha value is -1.63. The fourth-order valence-electron chi connectivity index (χ4n) is 1.36. The molecule has 19 heavy (non-hydrogen) atoms. The van der Waals surface area contributed by atoms with E-state index < -0.39 is 5.97 Å². The Bertz CT molecular complexity index is 482. The molecule has 1 amide bonds. The van der Waals surface area contributed by atoms with Crippen molar-refractivity contribution in [1.29, 1.82) is 0 Å². The lowest BCUT2D eigenvalue weighted by Crippen LogP contribution is -2.23. The average Bonchev–Trinajstić information content (AvgIpc) is 2.72. The van der Waals surface area contributed by atoms with Crippen molar-refractivity contribution in [2.75, 3.05) is 6.61 Å². The van der Waals surface area contributed by atoms with Crippen LogP contribution in [0.3, 0.4) is 0 Å². The van der Waals surface area contributed by atoms with E-state index in [1.807, 2.05) is 0 Å². The first-order valence-electron chi connectivity index (χ1n) is 5.84. The number of amides is 1. The minimum atomic E-state index is -0.462. The van der Waals surface area contributed by atoms with Gasteiger partial charge in [0.2, 0.25) is 5.91 Å². The number of aromatic nitrogens is 2. The summed E-state index contributed by atoms with van der Waals surface area (Å²) in [6.07, 6.45) is 4.98. The molecule has 6 nitrogen and oxygen atoms in total. The van der Waals surface area contributed by atoms with Gasteiger partial charge in [0, 0.05) is 30.9 Å². The fourth-order valence-corrected chi connectivity index (χ4v) is 1.68. The highest BCUT2D eigenvalue weighted by Gasteiger charge is 2.05. The predicted octanol–water partition coefficient (Wildman–Crippen LogP) is 1.62. The number of rotatable bonds is 6. The number of carbonyl (C=O) groups excluding carboxylic acids is 2. The Morgan fingerprint density at radius 1 is 1.58 bits per heavy atom. The summed E-state index contributed by atoms with van der Waals surface area (Å²) in [5.41, 5.74) is 0.463. The maximum Gasteiger partial charge on any atom is 0.332 e. The van der Waals surface area contributed by atoms with Crippen molar-refractivity contribution in [3.05, 3.63) is 28.6 Å². The molecule has 0 spiro atoms. The lowest BCUT2D eigenvalue weighted by Gasteiger charge is -2.05. The zero-order valence-electron chi connectivity index (χ0n) is 10.9. The second-order valence-corrected chi connectivity index (χ2v) is 4.71. The summed E-state index contributed by atoms with van der Waals surface area (Å²) < 4.78 is 7.27. The number of aryl methyl sites for hydroxylation is 1. The molecule has 1 N–H and O–H groups in total. The van der Waals surface area contributed by atoms with Gasteiger partial charge in [-0.05, 0) is 29.8 Å². The zero-order chi connectivity index (χ0) is 14.3. The smallest absolute Gasteiger partial charge is 0.332 e. The van der Waals surface area contributed by atoms with Crippen molar-refractivity contribution in [2.24, 2.45) is 0 Å². The van der Waals surface area contributed by atoms with E-state index >= 15 is 0 Å². The molecule has 0 saturated carbocycles. The quantitative estimate of drug-likeness (QED) is 0.635.